The zero-order valence-electron chi connectivity index (χ0n) is 14.0. The summed E-state index contributed by atoms with van der Waals surface area (Å²) in [7, 11) is 0. The van der Waals surface area contributed by atoms with E-state index in [9.17, 15) is 9.59 Å². The lowest BCUT2D eigenvalue weighted by Gasteiger charge is -2.04. The summed E-state index contributed by atoms with van der Waals surface area (Å²) in [5.41, 5.74) is 2.64. The number of imidazole rings is 1. The van der Waals surface area contributed by atoms with Gasteiger partial charge in [-0.1, -0.05) is 42.5 Å². The number of ketones is 1. The number of aromatic nitrogens is 2. The van der Waals surface area contributed by atoms with Crippen molar-refractivity contribution in [1.82, 2.24) is 15.3 Å². The topological polar surface area (TPSA) is 74.8 Å². The van der Waals surface area contributed by atoms with E-state index in [-0.39, 0.29) is 24.5 Å². The summed E-state index contributed by atoms with van der Waals surface area (Å²) in [6.45, 7) is 0.579. The van der Waals surface area contributed by atoms with Gasteiger partial charge in [-0.25, -0.2) is 4.98 Å². The second kappa shape index (κ2) is 8.24. The highest BCUT2D eigenvalue weighted by Crippen LogP contribution is 2.11. The lowest BCUT2D eigenvalue weighted by molar-refractivity contribution is -0.121. The van der Waals surface area contributed by atoms with Gasteiger partial charge in [-0.05, 0) is 18.6 Å². The molecule has 0 atom stereocenters. The number of hydrogen-bond acceptors (Lipinski definition) is 3. The normalized spacial score (nSPS) is 10.7. The fraction of sp³-hybridized carbons (Fsp3) is 0.250. The maximum absolute atomic E-state index is 12.0. The van der Waals surface area contributed by atoms with E-state index in [0.717, 1.165) is 29.7 Å². The minimum atomic E-state index is -0.0890. The van der Waals surface area contributed by atoms with E-state index in [4.69, 9.17) is 0 Å². The molecule has 0 aliphatic rings. The molecule has 0 radical (unpaired) electrons. The van der Waals surface area contributed by atoms with Gasteiger partial charge in [-0.15, -0.1) is 0 Å². The summed E-state index contributed by atoms with van der Waals surface area (Å²) in [4.78, 5) is 31.6. The predicted molar refractivity (Wildman–Crippen MR) is 97.4 cm³/mol. The van der Waals surface area contributed by atoms with Gasteiger partial charge in [0.1, 0.15) is 5.82 Å². The van der Waals surface area contributed by atoms with Gasteiger partial charge >= 0.3 is 0 Å². The maximum Gasteiger partial charge on any atom is 0.220 e. The number of amides is 1. The molecule has 0 aliphatic heterocycles. The van der Waals surface area contributed by atoms with Crippen molar-refractivity contribution in [2.24, 2.45) is 0 Å². The largest absolute Gasteiger partial charge is 0.356 e. The number of nitrogens with one attached hydrogen (secondary N) is 2. The van der Waals surface area contributed by atoms with Crippen molar-refractivity contribution < 1.29 is 9.59 Å². The first-order chi connectivity index (χ1) is 12.2. The molecular weight excluding hydrogens is 314 g/mol. The Hall–Kier alpha value is -2.95. The van der Waals surface area contributed by atoms with Crippen molar-refractivity contribution in [2.45, 2.75) is 25.7 Å². The Labute approximate surface area is 146 Å². The van der Waals surface area contributed by atoms with Gasteiger partial charge in [0.15, 0.2) is 5.78 Å². The van der Waals surface area contributed by atoms with E-state index in [2.05, 4.69) is 15.3 Å². The van der Waals surface area contributed by atoms with Crippen LogP contribution in [0.25, 0.3) is 11.0 Å². The minimum Gasteiger partial charge on any atom is -0.356 e. The number of para-hydroxylation sites is 2. The highest BCUT2D eigenvalue weighted by atomic mass is 16.2. The lowest BCUT2D eigenvalue weighted by Crippen LogP contribution is -2.25. The Balaban J connectivity index is 1.36. The van der Waals surface area contributed by atoms with E-state index in [1.54, 1.807) is 12.1 Å². The summed E-state index contributed by atoms with van der Waals surface area (Å²) in [6, 6.07) is 17.0. The average molecular weight is 335 g/mol. The Morgan fingerprint density at radius 2 is 1.72 bits per heavy atom. The number of rotatable bonds is 8. The molecule has 0 fully saturated rings. The number of nitrogens with zero attached hydrogens (tertiary/aromatic N) is 1. The first-order valence-corrected chi connectivity index (χ1v) is 8.51. The van der Waals surface area contributed by atoms with Crippen molar-refractivity contribution in [2.75, 3.05) is 6.54 Å². The number of aryl methyl sites for hydroxylation is 1. The Morgan fingerprint density at radius 3 is 2.52 bits per heavy atom. The highest BCUT2D eigenvalue weighted by Gasteiger charge is 2.08. The van der Waals surface area contributed by atoms with Gasteiger partial charge in [0.25, 0.3) is 0 Å². The third-order valence-corrected chi connectivity index (χ3v) is 4.03. The third kappa shape index (κ3) is 4.76. The number of hydrogen-bond donors (Lipinski definition) is 2. The van der Waals surface area contributed by atoms with Crippen LogP contribution in [0.2, 0.25) is 0 Å². The van der Waals surface area contributed by atoms with Crippen LogP contribution in [-0.2, 0) is 11.2 Å². The molecule has 0 spiro atoms. The monoisotopic (exact) mass is 335 g/mol. The van der Waals surface area contributed by atoms with Crippen LogP contribution < -0.4 is 5.32 Å². The molecule has 0 saturated heterocycles. The summed E-state index contributed by atoms with van der Waals surface area (Å²) in [6.07, 6.45) is 2.04. The van der Waals surface area contributed by atoms with E-state index in [0.29, 0.717) is 12.1 Å². The zero-order valence-corrected chi connectivity index (χ0v) is 14.0. The van der Waals surface area contributed by atoms with Crippen LogP contribution >= 0.6 is 0 Å². The number of H-pyrrole nitrogens is 1. The second-order valence-electron chi connectivity index (χ2n) is 5.94. The highest BCUT2D eigenvalue weighted by molar-refractivity contribution is 5.97. The molecule has 1 heterocycles. The summed E-state index contributed by atoms with van der Waals surface area (Å²) in [5.74, 6) is 0.835. The van der Waals surface area contributed by atoms with E-state index >= 15 is 0 Å². The summed E-state index contributed by atoms with van der Waals surface area (Å²) in [5, 5.41) is 2.86. The van der Waals surface area contributed by atoms with Crippen molar-refractivity contribution in [1.29, 1.82) is 0 Å². The van der Waals surface area contributed by atoms with E-state index < -0.39 is 0 Å². The molecule has 0 bridgehead atoms. The van der Waals surface area contributed by atoms with Crippen LogP contribution in [0.3, 0.4) is 0 Å². The standard InChI is InChI=1S/C20H21N3O2/c24-18(15-7-2-1-3-8-15)12-13-20(25)21-14-6-11-19-22-16-9-4-5-10-17(16)23-19/h1-5,7-10H,6,11-14H2,(H,21,25)(H,22,23). The molecule has 3 aromatic rings. The molecule has 1 amide bonds. The van der Waals surface area contributed by atoms with Crippen molar-refractivity contribution >= 4 is 22.7 Å². The van der Waals surface area contributed by atoms with Gasteiger partial charge in [-0.2, -0.15) is 0 Å². The smallest absolute Gasteiger partial charge is 0.220 e. The van der Waals surface area contributed by atoms with Gasteiger partial charge in [-0.3, -0.25) is 9.59 Å². The van der Waals surface area contributed by atoms with Crippen molar-refractivity contribution in [3.05, 3.63) is 66.0 Å². The molecule has 1 aromatic heterocycles. The quantitative estimate of drug-likeness (QED) is 0.490. The van der Waals surface area contributed by atoms with Gasteiger partial charge in [0.05, 0.1) is 11.0 Å². The van der Waals surface area contributed by atoms with Crippen LogP contribution in [0.5, 0.6) is 0 Å². The molecule has 3 rings (SSSR count). The molecule has 128 valence electrons. The molecule has 25 heavy (non-hydrogen) atoms. The number of benzene rings is 2. The van der Waals surface area contributed by atoms with Crippen LogP contribution in [-0.4, -0.2) is 28.2 Å². The molecule has 0 unspecified atom stereocenters. The van der Waals surface area contributed by atoms with Crippen LogP contribution in [0.1, 0.15) is 35.4 Å². The van der Waals surface area contributed by atoms with E-state index in [1.807, 2.05) is 42.5 Å². The number of carbonyl (C=O) groups is 2. The first kappa shape index (κ1) is 16.9. The fourth-order valence-corrected chi connectivity index (χ4v) is 2.69. The molecular formula is C20H21N3O2. The SMILES string of the molecule is O=C(CCC(=O)c1ccccc1)NCCCc1nc2ccccc2[nH]1. The average Bonchev–Trinajstić information content (AvgIpc) is 3.07. The predicted octanol–water partition coefficient (Wildman–Crippen LogP) is 3.27. The number of Topliss-reactive ketones (excluding diaryl/α,β-unsaturated/α-hetero) is 1. The molecule has 0 aliphatic carbocycles. The van der Waals surface area contributed by atoms with Gasteiger partial charge in [0.2, 0.25) is 5.91 Å². The zero-order chi connectivity index (χ0) is 17.5. The number of aromatic amines is 1. The van der Waals surface area contributed by atoms with Crippen molar-refractivity contribution in [3.63, 3.8) is 0 Å². The molecule has 2 N–H and O–H groups in total. The Bertz CT molecular complexity index is 823. The minimum absolute atomic E-state index is 0.00183. The molecule has 5 nitrogen and oxygen atoms in total. The molecule has 0 saturated carbocycles. The maximum atomic E-state index is 12.0. The van der Waals surface area contributed by atoms with Gasteiger partial charge in [0, 0.05) is 31.4 Å². The summed E-state index contributed by atoms with van der Waals surface area (Å²) >= 11 is 0. The van der Waals surface area contributed by atoms with Crippen molar-refractivity contribution in [3.8, 4) is 0 Å². The second-order valence-corrected chi connectivity index (χ2v) is 5.94. The van der Waals surface area contributed by atoms with Crippen LogP contribution in [0, 0.1) is 0 Å². The number of carbonyl (C=O) groups excluding carboxylic acids is 2. The lowest BCUT2D eigenvalue weighted by atomic mass is 10.1. The van der Waals surface area contributed by atoms with Gasteiger partial charge < -0.3 is 10.3 Å². The Kier molecular flexibility index (Phi) is 5.57. The molecule has 2 aromatic carbocycles. The Morgan fingerprint density at radius 1 is 0.960 bits per heavy atom. The van der Waals surface area contributed by atoms with E-state index in [1.165, 1.54) is 0 Å². The van der Waals surface area contributed by atoms with Crippen LogP contribution in [0.15, 0.2) is 54.6 Å². The molecule has 5 heteroatoms. The fourth-order valence-electron chi connectivity index (χ4n) is 2.69. The first-order valence-electron chi connectivity index (χ1n) is 8.51. The third-order valence-electron chi connectivity index (χ3n) is 4.03. The van der Waals surface area contributed by atoms with Crippen LogP contribution in [0.4, 0.5) is 0 Å². The number of fused-ring (bicyclic) bond motifs is 1. The summed E-state index contributed by atoms with van der Waals surface area (Å²) < 4.78 is 0.